The Hall–Kier alpha value is -3.62. The highest BCUT2D eigenvalue weighted by atomic mass is 32.2. The maximum atomic E-state index is 14.1. The van der Waals surface area contributed by atoms with E-state index in [0.717, 1.165) is 53.5 Å². The molecule has 5 rings (SSSR count). The standard InChI is InChI=1S/C33H38FN5OS/c1-24-21-30(41-39(32-12-8-11-31(34)36-32)23-26-13-15-29(40-4)16-14-26)22-35-33(24)37(3)28-17-19-38(20-18-28)25(2)27-9-6-5-7-10-27/h5-16,21-22,25,28H,17-20,23H2,1-4H3. The van der Waals surface area contributed by atoms with Gasteiger partial charge in [-0.15, -0.1) is 0 Å². The summed E-state index contributed by atoms with van der Waals surface area (Å²) in [5.41, 5.74) is 3.56. The number of nitrogens with zero attached hydrogens (tertiary/aromatic N) is 5. The number of methoxy groups -OCH3 is 1. The zero-order chi connectivity index (χ0) is 28.8. The molecular weight excluding hydrogens is 533 g/mol. The molecule has 8 heteroatoms. The summed E-state index contributed by atoms with van der Waals surface area (Å²) in [6.07, 6.45) is 4.12. The topological polar surface area (TPSA) is 44.7 Å². The molecule has 3 heterocycles. The van der Waals surface area contributed by atoms with E-state index in [1.165, 1.54) is 23.6 Å². The van der Waals surface area contributed by atoms with Gasteiger partial charge in [0, 0.05) is 43.3 Å². The van der Waals surface area contributed by atoms with Crippen molar-refractivity contribution in [2.45, 2.75) is 50.2 Å². The number of aromatic nitrogens is 2. The van der Waals surface area contributed by atoms with Crippen molar-refractivity contribution >= 4 is 23.6 Å². The normalized spacial score (nSPS) is 15.0. The average Bonchev–Trinajstić information content (AvgIpc) is 3.01. The Morgan fingerprint density at radius 1 is 1.02 bits per heavy atom. The molecule has 0 N–H and O–H groups in total. The number of anilines is 2. The number of rotatable bonds is 10. The van der Waals surface area contributed by atoms with Gasteiger partial charge in [-0.05, 0) is 85.7 Å². The second-order valence-electron chi connectivity index (χ2n) is 10.6. The average molecular weight is 572 g/mol. The second kappa shape index (κ2) is 13.4. The Morgan fingerprint density at radius 2 is 1.76 bits per heavy atom. The molecule has 1 unspecified atom stereocenters. The van der Waals surface area contributed by atoms with E-state index in [9.17, 15) is 4.39 Å². The van der Waals surface area contributed by atoms with E-state index >= 15 is 0 Å². The van der Waals surface area contributed by atoms with Crippen molar-refractivity contribution < 1.29 is 9.13 Å². The lowest BCUT2D eigenvalue weighted by Gasteiger charge is -2.40. The fraction of sp³-hybridized carbons (Fsp3) is 0.333. The minimum absolute atomic E-state index is 0.423. The zero-order valence-electron chi connectivity index (χ0n) is 24.2. The molecule has 0 saturated carbocycles. The predicted molar refractivity (Wildman–Crippen MR) is 166 cm³/mol. The predicted octanol–water partition coefficient (Wildman–Crippen LogP) is 7.31. The van der Waals surface area contributed by atoms with E-state index in [0.29, 0.717) is 24.4 Å². The first-order valence-corrected chi connectivity index (χ1v) is 14.9. The van der Waals surface area contributed by atoms with Gasteiger partial charge in [0.15, 0.2) is 0 Å². The molecule has 0 radical (unpaired) electrons. The third kappa shape index (κ3) is 7.18. The summed E-state index contributed by atoms with van der Waals surface area (Å²) < 4.78 is 21.3. The Morgan fingerprint density at radius 3 is 2.41 bits per heavy atom. The molecule has 214 valence electrons. The van der Waals surface area contributed by atoms with Crippen molar-refractivity contribution in [3.63, 3.8) is 0 Å². The van der Waals surface area contributed by atoms with Gasteiger partial charge < -0.3 is 9.64 Å². The lowest BCUT2D eigenvalue weighted by atomic mass is 9.99. The van der Waals surface area contributed by atoms with Crippen LogP contribution in [0.1, 0.15) is 42.5 Å². The SMILES string of the molecule is COc1ccc(CN(Sc2cnc(N(C)C3CCN(C(C)c4ccccc4)CC3)c(C)c2)c2cccc(F)n2)cc1. The third-order valence-corrected chi connectivity index (χ3v) is 8.86. The molecule has 1 atom stereocenters. The highest BCUT2D eigenvalue weighted by Crippen LogP contribution is 2.33. The molecule has 0 aliphatic carbocycles. The molecule has 6 nitrogen and oxygen atoms in total. The van der Waals surface area contributed by atoms with E-state index in [4.69, 9.17) is 9.72 Å². The van der Waals surface area contributed by atoms with Crippen LogP contribution in [0.2, 0.25) is 0 Å². The Labute approximate surface area is 247 Å². The Kier molecular flexibility index (Phi) is 9.42. The summed E-state index contributed by atoms with van der Waals surface area (Å²) in [6.45, 7) is 7.10. The highest BCUT2D eigenvalue weighted by molar-refractivity contribution is 8.00. The molecule has 1 fully saturated rings. The van der Waals surface area contributed by atoms with Gasteiger partial charge in [0.2, 0.25) is 5.95 Å². The smallest absolute Gasteiger partial charge is 0.214 e. The number of hydrogen-bond donors (Lipinski definition) is 0. The van der Waals surface area contributed by atoms with E-state index < -0.39 is 5.95 Å². The van der Waals surface area contributed by atoms with Crippen molar-refractivity contribution in [2.24, 2.45) is 0 Å². The van der Waals surface area contributed by atoms with Gasteiger partial charge in [-0.25, -0.2) is 9.97 Å². The highest BCUT2D eigenvalue weighted by Gasteiger charge is 2.27. The maximum absolute atomic E-state index is 14.1. The molecular formula is C33H38FN5OS. The van der Waals surface area contributed by atoms with Crippen molar-refractivity contribution in [3.8, 4) is 5.75 Å². The van der Waals surface area contributed by atoms with E-state index in [1.54, 1.807) is 13.2 Å². The first-order chi connectivity index (χ1) is 19.9. The maximum Gasteiger partial charge on any atom is 0.214 e. The van der Waals surface area contributed by atoms with Crippen LogP contribution in [-0.4, -0.2) is 48.2 Å². The van der Waals surface area contributed by atoms with E-state index in [2.05, 4.69) is 72.1 Å². The number of benzene rings is 2. The third-order valence-electron chi connectivity index (χ3n) is 7.89. The molecule has 1 aliphatic heterocycles. The van der Waals surface area contributed by atoms with Crippen LogP contribution in [0.3, 0.4) is 0 Å². The van der Waals surface area contributed by atoms with E-state index in [1.807, 2.05) is 40.8 Å². The lowest BCUT2D eigenvalue weighted by molar-refractivity contribution is 0.161. The molecule has 0 bridgehead atoms. The number of pyridine rings is 2. The number of hydrogen-bond acceptors (Lipinski definition) is 7. The van der Waals surface area contributed by atoms with Gasteiger partial charge in [-0.1, -0.05) is 48.5 Å². The van der Waals surface area contributed by atoms with Crippen molar-refractivity contribution in [1.29, 1.82) is 0 Å². The Bertz CT molecular complexity index is 1410. The lowest BCUT2D eigenvalue weighted by Crippen LogP contribution is -2.44. The van der Waals surface area contributed by atoms with Crippen LogP contribution < -0.4 is 13.9 Å². The first-order valence-electron chi connectivity index (χ1n) is 14.1. The largest absolute Gasteiger partial charge is 0.497 e. The van der Waals surface area contributed by atoms with Gasteiger partial charge in [0.25, 0.3) is 0 Å². The minimum atomic E-state index is -0.502. The molecule has 2 aromatic carbocycles. The van der Waals surface area contributed by atoms with Crippen LogP contribution in [-0.2, 0) is 6.54 Å². The Balaban J connectivity index is 1.26. The second-order valence-corrected chi connectivity index (χ2v) is 11.7. The fourth-order valence-corrected chi connectivity index (χ4v) is 6.45. The van der Waals surface area contributed by atoms with Crippen LogP contribution >= 0.6 is 11.9 Å². The van der Waals surface area contributed by atoms with Crippen LogP contribution in [0.25, 0.3) is 0 Å². The molecule has 0 spiro atoms. The van der Waals surface area contributed by atoms with Gasteiger partial charge in [0.1, 0.15) is 17.4 Å². The van der Waals surface area contributed by atoms with Gasteiger partial charge >= 0.3 is 0 Å². The summed E-state index contributed by atoms with van der Waals surface area (Å²) in [4.78, 5) is 15.0. The van der Waals surface area contributed by atoms with Crippen LogP contribution in [0.5, 0.6) is 5.75 Å². The van der Waals surface area contributed by atoms with Crippen LogP contribution in [0, 0.1) is 12.9 Å². The summed E-state index contributed by atoms with van der Waals surface area (Å²) in [7, 11) is 3.81. The summed E-state index contributed by atoms with van der Waals surface area (Å²) >= 11 is 1.51. The summed E-state index contributed by atoms with van der Waals surface area (Å²) in [5.74, 6) is 1.86. The van der Waals surface area contributed by atoms with Gasteiger partial charge in [-0.2, -0.15) is 4.39 Å². The number of likely N-dealkylation sites (tertiary alicyclic amines) is 1. The molecule has 2 aromatic heterocycles. The number of halogens is 1. The van der Waals surface area contributed by atoms with Gasteiger partial charge in [0.05, 0.1) is 13.7 Å². The van der Waals surface area contributed by atoms with Crippen molar-refractivity contribution in [3.05, 3.63) is 108 Å². The quantitative estimate of drug-likeness (QED) is 0.146. The van der Waals surface area contributed by atoms with Crippen molar-refractivity contribution in [2.75, 3.05) is 36.5 Å². The van der Waals surface area contributed by atoms with Crippen LogP contribution in [0.15, 0.2) is 90.0 Å². The van der Waals surface area contributed by atoms with Crippen LogP contribution in [0.4, 0.5) is 16.0 Å². The van der Waals surface area contributed by atoms with Crippen molar-refractivity contribution in [1.82, 2.24) is 14.9 Å². The fourth-order valence-electron chi connectivity index (χ4n) is 5.46. The number of aryl methyl sites for hydroxylation is 1. The minimum Gasteiger partial charge on any atom is -0.497 e. The van der Waals surface area contributed by atoms with Gasteiger partial charge in [-0.3, -0.25) is 9.21 Å². The zero-order valence-corrected chi connectivity index (χ0v) is 25.0. The molecule has 4 aromatic rings. The first kappa shape index (κ1) is 28.9. The molecule has 1 aliphatic rings. The monoisotopic (exact) mass is 571 g/mol. The number of piperidine rings is 1. The summed E-state index contributed by atoms with van der Waals surface area (Å²) in [6, 6.07) is 26.6. The molecule has 41 heavy (non-hydrogen) atoms. The molecule has 1 saturated heterocycles. The van der Waals surface area contributed by atoms with E-state index in [-0.39, 0.29) is 0 Å². The number of ether oxygens (including phenoxy) is 1. The molecule has 0 amide bonds. The summed E-state index contributed by atoms with van der Waals surface area (Å²) in [5, 5.41) is 0.